The Hall–Kier alpha value is -0.160. The minimum absolute atomic E-state index is 0.351. The van der Waals surface area contributed by atoms with Crippen molar-refractivity contribution in [1.29, 1.82) is 0 Å². The third-order valence-electron chi connectivity index (χ3n) is 1.23. The fourth-order valence-corrected chi connectivity index (χ4v) is 0.392. The highest BCUT2D eigenvalue weighted by Crippen LogP contribution is 2.07. The third-order valence-corrected chi connectivity index (χ3v) is 1.23. The summed E-state index contributed by atoms with van der Waals surface area (Å²) in [5.74, 6) is -1.22. The van der Waals surface area contributed by atoms with Gasteiger partial charge in [0.05, 0.1) is 13.2 Å². The maximum absolute atomic E-state index is 8.57. The van der Waals surface area contributed by atoms with E-state index in [1.54, 1.807) is 0 Å². The molecule has 0 bridgehead atoms. The molecule has 4 nitrogen and oxygen atoms in total. The first-order chi connectivity index (χ1) is 4.24. The Morgan fingerprint density at radius 3 is 1.44 bits per heavy atom. The van der Waals surface area contributed by atoms with Crippen LogP contribution in [0.1, 0.15) is 0 Å². The molecule has 0 radical (unpaired) electrons. The van der Waals surface area contributed by atoms with E-state index in [4.69, 9.17) is 10.2 Å². The van der Waals surface area contributed by atoms with E-state index < -0.39 is 5.79 Å². The maximum atomic E-state index is 8.57. The molecule has 0 spiro atoms. The molecule has 0 amide bonds. The van der Waals surface area contributed by atoms with Crippen molar-refractivity contribution in [3.8, 4) is 0 Å². The second-order valence-electron chi connectivity index (χ2n) is 1.64. The summed E-state index contributed by atoms with van der Waals surface area (Å²) in [5.41, 5.74) is 0. The van der Waals surface area contributed by atoms with Crippen LogP contribution in [0.15, 0.2) is 0 Å². The van der Waals surface area contributed by atoms with Crippen LogP contribution in [0.25, 0.3) is 0 Å². The molecule has 0 unspecified atom stereocenters. The highest BCUT2D eigenvalue weighted by molar-refractivity contribution is 4.63. The van der Waals surface area contributed by atoms with Crippen molar-refractivity contribution in [1.82, 2.24) is 0 Å². The Labute approximate surface area is 54.0 Å². The van der Waals surface area contributed by atoms with Gasteiger partial charge < -0.3 is 19.7 Å². The van der Waals surface area contributed by atoms with Crippen molar-refractivity contribution >= 4 is 0 Å². The van der Waals surface area contributed by atoms with Gasteiger partial charge in [0.2, 0.25) is 5.79 Å². The van der Waals surface area contributed by atoms with Crippen molar-refractivity contribution in [2.75, 3.05) is 27.4 Å². The first kappa shape index (κ1) is 8.84. The normalized spacial score (nSPS) is 12.0. The quantitative estimate of drug-likeness (QED) is 0.485. The summed E-state index contributed by atoms with van der Waals surface area (Å²) in [5, 5.41) is 17.1. The van der Waals surface area contributed by atoms with Crippen molar-refractivity contribution in [2.24, 2.45) is 0 Å². The molecule has 0 atom stereocenters. The topological polar surface area (TPSA) is 58.9 Å². The third kappa shape index (κ3) is 1.91. The van der Waals surface area contributed by atoms with E-state index in [0.717, 1.165) is 0 Å². The van der Waals surface area contributed by atoms with Gasteiger partial charge in [0, 0.05) is 14.2 Å². The summed E-state index contributed by atoms with van der Waals surface area (Å²) < 4.78 is 9.33. The number of aliphatic hydroxyl groups excluding tert-OH is 2. The number of rotatable bonds is 4. The lowest BCUT2D eigenvalue weighted by Crippen LogP contribution is -2.41. The largest absolute Gasteiger partial charge is 0.391 e. The molecule has 0 aromatic rings. The van der Waals surface area contributed by atoms with E-state index in [1.807, 2.05) is 0 Å². The smallest absolute Gasteiger partial charge is 0.214 e. The molecular formula is C5H12O4. The average molecular weight is 136 g/mol. The molecule has 9 heavy (non-hydrogen) atoms. The van der Waals surface area contributed by atoms with Gasteiger partial charge in [-0.05, 0) is 0 Å². The fourth-order valence-electron chi connectivity index (χ4n) is 0.392. The van der Waals surface area contributed by atoms with Crippen LogP contribution >= 0.6 is 0 Å². The van der Waals surface area contributed by atoms with Crippen LogP contribution in [0.3, 0.4) is 0 Å². The summed E-state index contributed by atoms with van der Waals surface area (Å²) in [6.07, 6.45) is 0. The van der Waals surface area contributed by atoms with E-state index in [1.165, 1.54) is 14.2 Å². The van der Waals surface area contributed by atoms with Crippen LogP contribution in [0.2, 0.25) is 0 Å². The fraction of sp³-hybridized carbons (Fsp3) is 1.00. The first-order valence-corrected chi connectivity index (χ1v) is 2.56. The van der Waals surface area contributed by atoms with Crippen LogP contribution in [0.5, 0.6) is 0 Å². The minimum atomic E-state index is -1.22. The highest BCUT2D eigenvalue weighted by atomic mass is 16.7. The van der Waals surface area contributed by atoms with E-state index in [-0.39, 0.29) is 13.2 Å². The zero-order valence-corrected chi connectivity index (χ0v) is 5.63. The van der Waals surface area contributed by atoms with Gasteiger partial charge in [-0.1, -0.05) is 0 Å². The van der Waals surface area contributed by atoms with E-state index in [0.29, 0.717) is 0 Å². The molecule has 0 aromatic heterocycles. The summed E-state index contributed by atoms with van der Waals surface area (Å²) in [6, 6.07) is 0. The maximum Gasteiger partial charge on any atom is 0.214 e. The monoisotopic (exact) mass is 136 g/mol. The molecule has 0 aliphatic rings. The summed E-state index contributed by atoms with van der Waals surface area (Å²) >= 11 is 0. The Morgan fingerprint density at radius 2 is 1.44 bits per heavy atom. The summed E-state index contributed by atoms with van der Waals surface area (Å²) in [6.45, 7) is -0.701. The summed E-state index contributed by atoms with van der Waals surface area (Å²) in [7, 11) is 2.71. The Morgan fingerprint density at radius 1 is 1.11 bits per heavy atom. The van der Waals surface area contributed by atoms with Crippen LogP contribution in [-0.2, 0) is 9.47 Å². The molecule has 0 saturated carbocycles. The molecule has 4 heteroatoms. The molecule has 0 heterocycles. The van der Waals surface area contributed by atoms with Crippen molar-refractivity contribution in [2.45, 2.75) is 5.79 Å². The average Bonchev–Trinajstić information content (AvgIpc) is 1.95. The first-order valence-electron chi connectivity index (χ1n) is 2.56. The van der Waals surface area contributed by atoms with E-state index in [9.17, 15) is 0 Å². The second kappa shape index (κ2) is 3.79. The highest BCUT2D eigenvalue weighted by Gasteiger charge is 2.26. The number of ether oxygens (including phenoxy) is 2. The van der Waals surface area contributed by atoms with Crippen molar-refractivity contribution in [3.63, 3.8) is 0 Å². The van der Waals surface area contributed by atoms with Crippen LogP contribution in [0.4, 0.5) is 0 Å². The number of hydrogen-bond acceptors (Lipinski definition) is 4. The number of methoxy groups -OCH3 is 2. The molecule has 0 aromatic carbocycles. The Kier molecular flexibility index (Phi) is 3.72. The zero-order chi connectivity index (χ0) is 7.33. The lowest BCUT2D eigenvalue weighted by Gasteiger charge is -2.25. The van der Waals surface area contributed by atoms with Gasteiger partial charge >= 0.3 is 0 Å². The Bertz CT molecular complexity index is 51.8. The van der Waals surface area contributed by atoms with Crippen LogP contribution < -0.4 is 0 Å². The van der Waals surface area contributed by atoms with Gasteiger partial charge in [0.1, 0.15) is 0 Å². The minimum Gasteiger partial charge on any atom is -0.391 e. The Balaban J connectivity index is 3.82. The molecule has 0 saturated heterocycles. The van der Waals surface area contributed by atoms with Gasteiger partial charge in [-0.3, -0.25) is 0 Å². The van der Waals surface area contributed by atoms with E-state index >= 15 is 0 Å². The van der Waals surface area contributed by atoms with Gasteiger partial charge in [-0.2, -0.15) is 0 Å². The van der Waals surface area contributed by atoms with Gasteiger partial charge in [0.15, 0.2) is 0 Å². The van der Waals surface area contributed by atoms with Crippen LogP contribution in [-0.4, -0.2) is 43.4 Å². The molecular weight excluding hydrogens is 124 g/mol. The van der Waals surface area contributed by atoms with Gasteiger partial charge in [-0.25, -0.2) is 0 Å². The zero-order valence-electron chi connectivity index (χ0n) is 5.63. The molecule has 0 aliphatic carbocycles. The van der Waals surface area contributed by atoms with E-state index in [2.05, 4.69) is 9.47 Å². The molecule has 0 aliphatic heterocycles. The van der Waals surface area contributed by atoms with Crippen LogP contribution in [0, 0.1) is 0 Å². The molecule has 56 valence electrons. The van der Waals surface area contributed by atoms with Crippen molar-refractivity contribution in [3.05, 3.63) is 0 Å². The lowest BCUT2D eigenvalue weighted by molar-refractivity contribution is -0.244. The van der Waals surface area contributed by atoms with Gasteiger partial charge in [0.25, 0.3) is 0 Å². The molecule has 0 rings (SSSR count). The number of hydrogen-bond donors (Lipinski definition) is 2. The van der Waals surface area contributed by atoms with Gasteiger partial charge in [-0.15, -0.1) is 0 Å². The second-order valence-corrected chi connectivity index (χ2v) is 1.64. The standard InChI is InChI=1S/C5H12O4/c1-8-5(3-6,4-7)9-2/h6-7H,3-4H2,1-2H3. The predicted molar refractivity (Wildman–Crippen MR) is 30.9 cm³/mol. The molecule has 2 N–H and O–H groups in total. The molecule has 0 fully saturated rings. The predicted octanol–water partition coefficient (Wildman–Crippen LogP) is -1.04. The SMILES string of the molecule is COC(CO)(CO)OC. The lowest BCUT2D eigenvalue weighted by atomic mass is 10.3. The number of aliphatic hydroxyl groups is 2. The summed E-state index contributed by atoms with van der Waals surface area (Å²) in [4.78, 5) is 0. The van der Waals surface area contributed by atoms with Crippen molar-refractivity contribution < 1.29 is 19.7 Å².